The summed E-state index contributed by atoms with van der Waals surface area (Å²) in [6.07, 6.45) is -12.0. The Morgan fingerprint density at radius 3 is 2.14 bits per heavy atom. The van der Waals surface area contributed by atoms with Crippen molar-refractivity contribution in [2.75, 3.05) is 6.54 Å². The topological polar surface area (TPSA) is 101 Å². The maximum atomic E-state index is 15.0. The van der Waals surface area contributed by atoms with Crippen LogP contribution in [0.25, 0.3) is 0 Å². The van der Waals surface area contributed by atoms with Crippen LogP contribution in [0, 0.1) is 23.6 Å². The van der Waals surface area contributed by atoms with Gasteiger partial charge >= 0.3 is 18.0 Å². The fraction of sp³-hybridized carbons (Fsp3) is 0.517. The van der Waals surface area contributed by atoms with Crippen molar-refractivity contribution >= 4 is 22.0 Å². The third-order valence-corrected chi connectivity index (χ3v) is 12.1. The van der Waals surface area contributed by atoms with Gasteiger partial charge in [0.25, 0.3) is 0 Å². The van der Waals surface area contributed by atoms with E-state index >= 15 is 4.39 Å². The van der Waals surface area contributed by atoms with Gasteiger partial charge in [0.15, 0.2) is 9.84 Å². The minimum Gasteiger partial charge on any atom is -0.388 e. The highest BCUT2D eigenvalue weighted by molar-refractivity contribution is 7.92. The lowest BCUT2D eigenvalue weighted by atomic mass is 9.70. The Labute approximate surface area is 246 Å². The van der Waals surface area contributed by atoms with Gasteiger partial charge < -0.3 is 15.2 Å². The van der Waals surface area contributed by atoms with Crippen LogP contribution in [-0.2, 0) is 36.3 Å². The standard InChI is InChI=1S/C29H27F8NO5S/c30-19-4-6-20(7-5-19)44(42,43)26-18(14-39)13-21(24(40)38-15-25(41)10-1-11-25)23(26)8-2-16-12-17(3-9-22(16)26)27(31,28(32,33)34)29(35,36)37/h3-7,9,12,14,18,21,23,41H,1-2,8,10-11,13,15H2,(H,38,40)/t18?,21-,23+,26+/m1/s1. The first kappa shape index (κ1) is 32.3. The molecular formula is C29H27F8NO5S. The molecule has 2 saturated carbocycles. The van der Waals surface area contributed by atoms with Crippen molar-refractivity contribution in [2.24, 2.45) is 17.8 Å². The van der Waals surface area contributed by atoms with Crippen molar-refractivity contribution in [3.63, 3.8) is 0 Å². The van der Waals surface area contributed by atoms with Crippen LogP contribution >= 0.6 is 0 Å². The first-order valence-corrected chi connectivity index (χ1v) is 15.2. The summed E-state index contributed by atoms with van der Waals surface area (Å²) < 4.78 is 137. The zero-order valence-electron chi connectivity index (χ0n) is 22.8. The Morgan fingerprint density at radius 1 is 1.00 bits per heavy atom. The lowest BCUT2D eigenvalue weighted by Gasteiger charge is -2.44. The number of aliphatic hydroxyl groups is 1. The van der Waals surface area contributed by atoms with Crippen molar-refractivity contribution in [1.82, 2.24) is 5.32 Å². The summed E-state index contributed by atoms with van der Waals surface area (Å²) in [5.74, 6) is -5.38. The molecule has 5 rings (SSSR count). The van der Waals surface area contributed by atoms with Crippen LogP contribution < -0.4 is 5.32 Å². The minimum absolute atomic E-state index is 0.147. The molecule has 6 nitrogen and oxygen atoms in total. The molecule has 0 saturated heterocycles. The van der Waals surface area contributed by atoms with Gasteiger partial charge in [-0.25, -0.2) is 17.2 Å². The Balaban J connectivity index is 1.70. The first-order valence-electron chi connectivity index (χ1n) is 13.8. The van der Waals surface area contributed by atoms with Crippen molar-refractivity contribution in [1.29, 1.82) is 0 Å². The summed E-state index contributed by atoms with van der Waals surface area (Å²) in [6.45, 7) is -0.147. The summed E-state index contributed by atoms with van der Waals surface area (Å²) in [7, 11) is -4.83. The SMILES string of the molecule is O=CC1C[C@@H](C(=O)NCC2(O)CCC2)[C@@H]2CCc3cc(C(F)(C(F)(F)F)C(F)(F)F)ccc3[C@@]12S(=O)(=O)c1ccc(F)cc1. The summed E-state index contributed by atoms with van der Waals surface area (Å²) in [5.41, 5.74) is -9.44. The number of nitrogens with one attached hydrogen (secondary N) is 1. The number of benzene rings is 2. The Hall–Kier alpha value is -3.07. The lowest BCUT2D eigenvalue weighted by molar-refractivity contribution is -0.348. The molecule has 1 amide bonds. The number of alkyl halides is 7. The average molecular weight is 654 g/mol. The zero-order chi connectivity index (χ0) is 32.5. The van der Waals surface area contributed by atoms with E-state index in [9.17, 15) is 53.8 Å². The predicted molar refractivity (Wildman–Crippen MR) is 138 cm³/mol. The Kier molecular flexibility index (Phi) is 7.71. The third-order valence-electron chi connectivity index (χ3n) is 9.47. The van der Waals surface area contributed by atoms with Gasteiger partial charge in [-0.3, -0.25) is 4.79 Å². The quantitative estimate of drug-likeness (QED) is 0.243. The molecule has 0 spiro atoms. The van der Waals surface area contributed by atoms with E-state index < -0.39 is 78.1 Å². The molecule has 2 N–H and O–H groups in total. The number of halogens is 8. The molecule has 240 valence electrons. The fourth-order valence-corrected chi connectivity index (χ4v) is 9.74. The van der Waals surface area contributed by atoms with Gasteiger partial charge in [-0.2, -0.15) is 26.3 Å². The Bertz CT molecular complexity index is 1560. The highest BCUT2D eigenvalue weighted by Gasteiger charge is 2.74. The molecule has 3 aliphatic rings. The zero-order valence-corrected chi connectivity index (χ0v) is 23.6. The number of amides is 1. The van der Waals surface area contributed by atoms with Crippen LogP contribution in [0.15, 0.2) is 47.4 Å². The van der Waals surface area contributed by atoms with Gasteiger partial charge in [0.1, 0.15) is 16.9 Å². The Morgan fingerprint density at radius 2 is 1.61 bits per heavy atom. The van der Waals surface area contributed by atoms with Gasteiger partial charge in [0.2, 0.25) is 5.91 Å². The number of hydrogen-bond acceptors (Lipinski definition) is 5. The molecule has 1 unspecified atom stereocenters. The number of hydrogen-bond donors (Lipinski definition) is 2. The van der Waals surface area contributed by atoms with Crippen molar-refractivity contribution in [3.8, 4) is 0 Å². The molecule has 3 aliphatic carbocycles. The van der Waals surface area contributed by atoms with Crippen molar-refractivity contribution in [2.45, 2.75) is 71.8 Å². The van der Waals surface area contributed by atoms with Crippen LogP contribution in [0.3, 0.4) is 0 Å². The summed E-state index contributed by atoms with van der Waals surface area (Å²) >= 11 is 0. The molecule has 4 atom stereocenters. The maximum absolute atomic E-state index is 15.0. The van der Waals surface area contributed by atoms with Gasteiger partial charge in [0.05, 0.1) is 10.5 Å². The normalized spacial score (nSPS) is 26.7. The fourth-order valence-electron chi connectivity index (χ4n) is 7.14. The van der Waals surface area contributed by atoms with Crippen LogP contribution in [0.2, 0.25) is 0 Å². The van der Waals surface area contributed by atoms with Crippen LogP contribution in [0.4, 0.5) is 35.1 Å². The number of carbonyl (C=O) groups is 2. The molecule has 2 aromatic carbocycles. The minimum atomic E-state index is -6.42. The van der Waals surface area contributed by atoms with E-state index in [2.05, 4.69) is 5.32 Å². The van der Waals surface area contributed by atoms with Crippen molar-refractivity contribution < 1.29 is 58.2 Å². The highest BCUT2D eigenvalue weighted by Crippen LogP contribution is 2.62. The number of carbonyl (C=O) groups excluding carboxylic acids is 2. The van der Waals surface area contributed by atoms with Gasteiger partial charge in [-0.1, -0.05) is 18.2 Å². The molecule has 15 heteroatoms. The number of fused-ring (bicyclic) bond motifs is 3. The highest BCUT2D eigenvalue weighted by atomic mass is 32.2. The van der Waals surface area contributed by atoms with Crippen LogP contribution in [0.5, 0.6) is 0 Å². The average Bonchev–Trinajstić information content (AvgIpc) is 3.29. The van der Waals surface area contributed by atoms with E-state index in [-0.39, 0.29) is 49.3 Å². The predicted octanol–water partition coefficient (Wildman–Crippen LogP) is 5.21. The molecule has 0 bridgehead atoms. The van der Waals surface area contributed by atoms with E-state index in [1.807, 2.05) is 0 Å². The van der Waals surface area contributed by atoms with E-state index in [0.29, 0.717) is 25.0 Å². The third kappa shape index (κ3) is 4.63. The molecule has 0 heterocycles. The summed E-state index contributed by atoms with van der Waals surface area (Å²) in [4.78, 5) is 25.5. The summed E-state index contributed by atoms with van der Waals surface area (Å²) in [5, 5.41) is 13.0. The number of aldehydes is 1. The molecule has 2 fully saturated rings. The number of aryl methyl sites for hydroxylation is 1. The molecular weight excluding hydrogens is 626 g/mol. The van der Waals surface area contributed by atoms with Gasteiger partial charge in [0, 0.05) is 23.9 Å². The molecule has 0 aromatic heterocycles. The van der Waals surface area contributed by atoms with E-state index in [1.54, 1.807) is 0 Å². The summed E-state index contributed by atoms with van der Waals surface area (Å²) in [6, 6.07) is 4.62. The number of sulfone groups is 1. The number of rotatable bonds is 7. The van der Waals surface area contributed by atoms with E-state index in [1.165, 1.54) is 0 Å². The molecule has 2 aromatic rings. The lowest BCUT2D eigenvalue weighted by Crippen LogP contribution is -2.52. The molecule has 0 aliphatic heterocycles. The molecule has 0 radical (unpaired) electrons. The second-order valence-corrected chi connectivity index (χ2v) is 14.0. The van der Waals surface area contributed by atoms with E-state index in [4.69, 9.17) is 0 Å². The van der Waals surface area contributed by atoms with Crippen LogP contribution in [-0.4, -0.2) is 50.2 Å². The smallest absolute Gasteiger partial charge is 0.388 e. The second-order valence-electron chi connectivity index (χ2n) is 11.8. The first-order chi connectivity index (χ1) is 20.3. The monoisotopic (exact) mass is 653 g/mol. The van der Waals surface area contributed by atoms with Crippen LogP contribution in [0.1, 0.15) is 48.8 Å². The maximum Gasteiger partial charge on any atom is 0.435 e. The van der Waals surface area contributed by atoms with E-state index in [0.717, 1.165) is 30.7 Å². The van der Waals surface area contributed by atoms with Crippen molar-refractivity contribution in [3.05, 3.63) is 65.0 Å². The second kappa shape index (κ2) is 10.5. The van der Waals surface area contributed by atoms with Gasteiger partial charge in [-0.05, 0) is 79.8 Å². The largest absolute Gasteiger partial charge is 0.435 e. The van der Waals surface area contributed by atoms with Gasteiger partial charge in [-0.15, -0.1) is 0 Å². The molecule has 44 heavy (non-hydrogen) atoms.